The van der Waals surface area contributed by atoms with Crippen molar-refractivity contribution in [3.8, 4) is 0 Å². The lowest BCUT2D eigenvalue weighted by Crippen LogP contribution is -2.42. The molecule has 0 saturated heterocycles. The second kappa shape index (κ2) is 6.54. The van der Waals surface area contributed by atoms with Gasteiger partial charge in [0.15, 0.2) is 0 Å². The first kappa shape index (κ1) is 14.7. The molecule has 0 spiro atoms. The van der Waals surface area contributed by atoms with Gasteiger partial charge in [-0.3, -0.25) is 9.59 Å². The van der Waals surface area contributed by atoms with Crippen LogP contribution in [-0.4, -0.2) is 36.7 Å². The summed E-state index contributed by atoms with van der Waals surface area (Å²) in [6.07, 6.45) is 5.80. The molecule has 102 valence electrons. The van der Waals surface area contributed by atoms with E-state index >= 15 is 0 Å². The molecule has 1 rings (SSSR count). The number of carbonyl (C=O) groups excluding carboxylic acids is 2. The molecule has 5 heteroatoms. The van der Waals surface area contributed by atoms with Crippen molar-refractivity contribution in [2.24, 2.45) is 5.41 Å². The summed E-state index contributed by atoms with van der Waals surface area (Å²) in [5.41, 5.74) is -0.542. The first-order valence-corrected chi connectivity index (χ1v) is 6.18. The number of ether oxygens (including phenoxy) is 1. The molecule has 0 aromatic heterocycles. The minimum atomic E-state index is -0.542. The third kappa shape index (κ3) is 4.14. The molecular weight excluding hydrogens is 234 g/mol. The largest absolute Gasteiger partial charge is 0.468 e. The Morgan fingerprint density at radius 3 is 2.89 bits per heavy atom. The van der Waals surface area contributed by atoms with Crippen molar-refractivity contribution < 1.29 is 19.4 Å². The molecule has 0 heterocycles. The van der Waals surface area contributed by atoms with Crippen molar-refractivity contribution in [1.82, 2.24) is 5.32 Å². The number of aliphatic hydroxyl groups excluding tert-OH is 1. The Bertz CT molecular complexity index is 340. The zero-order valence-electron chi connectivity index (χ0n) is 10.9. The van der Waals surface area contributed by atoms with E-state index in [0.29, 0.717) is 19.3 Å². The van der Waals surface area contributed by atoms with Gasteiger partial charge < -0.3 is 15.2 Å². The fraction of sp³-hybridized carbons (Fsp3) is 0.692. The maximum Gasteiger partial charge on any atom is 0.325 e. The Hall–Kier alpha value is -1.36. The third-order valence-corrected chi connectivity index (χ3v) is 3.38. The van der Waals surface area contributed by atoms with Crippen LogP contribution in [0.4, 0.5) is 0 Å². The van der Waals surface area contributed by atoms with Crippen LogP contribution in [0.2, 0.25) is 0 Å². The average Bonchev–Trinajstić information content (AvgIpc) is 2.36. The van der Waals surface area contributed by atoms with Crippen molar-refractivity contribution >= 4 is 11.9 Å². The topological polar surface area (TPSA) is 75.6 Å². The lowest BCUT2D eigenvalue weighted by atomic mass is 9.78. The molecular formula is C13H21NO4. The Kier molecular flexibility index (Phi) is 5.34. The van der Waals surface area contributed by atoms with E-state index in [-0.39, 0.29) is 12.5 Å². The highest BCUT2D eigenvalue weighted by atomic mass is 16.5. The molecule has 2 atom stereocenters. The molecule has 0 saturated carbocycles. The van der Waals surface area contributed by atoms with Gasteiger partial charge in [0.2, 0.25) is 5.91 Å². The van der Waals surface area contributed by atoms with E-state index in [4.69, 9.17) is 0 Å². The Balaban J connectivity index is 2.58. The molecule has 0 radical (unpaired) electrons. The van der Waals surface area contributed by atoms with Gasteiger partial charge in [0.05, 0.1) is 13.2 Å². The van der Waals surface area contributed by atoms with E-state index in [1.807, 2.05) is 13.0 Å². The lowest BCUT2D eigenvalue weighted by molar-refractivity contribution is -0.142. The molecule has 2 N–H and O–H groups in total. The van der Waals surface area contributed by atoms with Crippen LogP contribution >= 0.6 is 0 Å². The first-order chi connectivity index (χ1) is 8.48. The zero-order valence-corrected chi connectivity index (χ0v) is 10.9. The van der Waals surface area contributed by atoms with E-state index in [0.717, 1.165) is 6.42 Å². The van der Waals surface area contributed by atoms with Crippen molar-refractivity contribution in [3.63, 3.8) is 0 Å². The van der Waals surface area contributed by atoms with Gasteiger partial charge in [-0.1, -0.05) is 19.1 Å². The van der Waals surface area contributed by atoms with Crippen LogP contribution in [-0.2, 0) is 14.3 Å². The fourth-order valence-electron chi connectivity index (χ4n) is 2.01. The highest BCUT2D eigenvalue weighted by Crippen LogP contribution is 2.32. The molecule has 0 fully saturated rings. The van der Waals surface area contributed by atoms with Crippen LogP contribution in [0.15, 0.2) is 12.2 Å². The smallest absolute Gasteiger partial charge is 0.325 e. The quantitative estimate of drug-likeness (QED) is 0.577. The summed E-state index contributed by atoms with van der Waals surface area (Å²) in [6.45, 7) is 1.76. The predicted octanol–water partition coefficient (Wildman–Crippen LogP) is 0.773. The number of esters is 1. The number of amides is 1. The van der Waals surface area contributed by atoms with E-state index < -0.39 is 17.5 Å². The van der Waals surface area contributed by atoms with Crippen molar-refractivity contribution in [2.45, 2.75) is 38.7 Å². The van der Waals surface area contributed by atoms with Gasteiger partial charge in [-0.15, -0.1) is 0 Å². The molecule has 0 bridgehead atoms. The number of hydrogen-bond donors (Lipinski definition) is 2. The molecule has 5 nitrogen and oxygen atoms in total. The van der Waals surface area contributed by atoms with Crippen molar-refractivity contribution in [3.05, 3.63) is 12.2 Å². The second-order valence-corrected chi connectivity index (χ2v) is 4.89. The fourth-order valence-corrected chi connectivity index (χ4v) is 2.01. The Labute approximate surface area is 107 Å². The lowest BCUT2D eigenvalue weighted by Gasteiger charge is -2.29. The van der Waals surface area contributed by atoms with Crippen LogP contribution in [0.1, 0.15) is 32.6 Å². The number of methoxy groups -OCH3 is 1. The summed E-state index contributed by atoms with van der Waals surface area (Å²) in [4.78, 5) is 23.1. The van der Waals surface area contributed by atoms with Crippen LogP contribution in [0.25, 0.3) is 0 Å². The summed E-state index contributed by atoms with van der Waals surface area (Å²) in [5.74, 6) is -0.617. The molecule has 0 aliphatic heterocycles. The van der Waals surface area contributed by atoms with E-state index in [9.17, 15) is 14.7 Å². The van der Waals surface area contributed by atoms with Crippen LogP contribution in [0.5, 0.6) is 0 Å². The van der Waals surface area contributed by atoms with E-state index in [1.165, 1.54) is 7.11 Å². The van der Waals surface area contributed by atoms with Gasteiger partial charge in [-0.05, 0) is 25.7 Å². The SMILES string of the molecule is COC(=O)CNC(=O)[C@]1(C)CC/C=C\[C@H](O)CC1. The van der Waals surface area contributed by atoms with Crippen molar-refractivity contribution in [2.75, 3.05) is 13.7 Å². The third-order valence-electron chi connectivity index (χ3n) is 3.38. The van der Waals surface area contributed by atoms with Gasteiger partial charge >= 0.3 is 5.97 Å². The molecule has 0 unspecified atom stereocenters. The summed E-state index contributed by atoms with van der Waals surface area (Å²) >= 11 is 0. The molecule has 18 heavy (non-hydrogen) atoms. The minimum absolute atomic E-state index is 0.108. The van der Waals surface area contributed by atoms with E-state index in [2.05, 4.69) is 10.1 Å². The van der Waals surface area contributed by atoms with Crippen molar-refractivity contribution in [1.29, 1.82) is 0 Å². The van der Waals surface area contributed by atoms with Gasteiger partial charge in [0.1, 0.15) is 6.54 Å². The van der Waals surface area contributed by atoms with Crippen LogP contribution in [0, 0.1) is 5.41 Å². The Morgan fingerprint density at radius 1 is 1.50 bits per heavy atom. The van der Waals surface area contributed by atoms with Gasteiger partial charge in [0.25, 0.3) is 0 Å². The molecule has 0 aromatic rings. The highest BCUT2D eigenvalue weighted by molar-refractivity contribution is 5.85. The minimum Gasteiger partial charge on any atom is -0.468 e. The number of carbonyl (C=O) groups is 2. The molecule has 1 amide bonds. The normalized spacial score (nSPS) is 29.8. The molecule has 1 aliphatic carbocycles. The molecule has 1 aliphatic rings. The van der Waals surface area contributed by atoms with Gasteiger partial charge in [-0.2, -0.15) is 0 Å². The summed E-state index contributed by atoms with van der Waals surface area (Å²) < 4.78 is 4.48. The molecule has 0 aromatic carbocycles. The van der Waals surface area contributed by atoms with E-state index in [1.54, 1.807) is 6.08 Å². The average molecular weight is 255 g/mol. The van der Waals surface area contributed by atoms with Gasteiger partial charge in [-0.25, -0.2) is 0 Å². The number of allylic oxidation sites excluding steroid dienone is 1. The Morgan fingerprint density at radius 2 is 2.22 bits per heavy atom. The highest BCUT2D eigenvalue weighted by Gasteiger charge is 2.33. The summed E-state index contributed by atoms with van der Waals surface area (Å²) in [5, 5.41) is 12.2. The number of nitrogens with one attached hydrogen (secondary N) is 1. The van der Waals surface area contributed by atoms with Crippen LogP contribution < -0.4 is 5.32 Å². The summed E-state index contributed by atoms with van der Waals surface area (Å²) in [7, 11) is 1.28. The summed E-state index contributed by atoms with van der Waals surface area (Å²) in [6, 6.07) is 0. The van der Waals surface area contributed by atoms with Crippen LogP contribution in [0.3, 0.4) is 0 Å². The monoisotopic (exact) mass is 255 g/mol. The standard InChI is InChI=1S/C13H21NO4/c1-13(12(17)14-9-11(16)18-2)7-4-3-5-10(15)6-8-13/h3,5,10,15H,4,6-9H2,1-2H3,(H,14,17)/b5-3-/t10-,13+/m0/s1. The maximum absolute atomic E-state index is 12.1. The number of hydrogen-bond acceptors (Lipinski definition) is 4. The second-order valence-electron chi connectivity index (χ2n) is 4.89. The van der Waals surface area contributed by atoms with Gasteiger partial charge in [0, 0.05) is 5.41 Å². The number of rotatable bonds is 3. The first-order valence-electron chi connectivity index (χ1n) is 6.18. The maximum atomic E-state index is 12.1. The number of aliphatic hydroxyl groups is 1. The predicted molar refractivity (Wildman–Crippen MR) is 66.7 cm³/mol. The zero-order chi connectivity index (χ0) is 13.6.